The highest BCUT2D eigenvalue weighted by atomic mass is 16.5. The second-order valence-corrected chi connectivity index (χ2v) is 20.6. The first-order chi connectivity index (χ1) is 39.3. The van der Waals surface area contributed by atoms with Crippen molar-refractivity contribution < 1.29 is 39.2 Å². The molecule has 0 aliphatic carbocycles. The lowest BCUT2D eigenvalue weighted by molar-refractivity contribution is -0.129. The predicted octanol–water partition coefficient (Wildman–Crippen LogP) is 13.6. The molecule has 0 radical (unpaired) electrons. The number of nitrogens with one attached hydrogen (secondary N) is 4. The summed E-state index contributed by atoms with van der Waals surface area (Å²) < 4.78 is 10.8. The van der Waals surface area contributed by atoms with Crippen LogP contribution in [0.3, 0.4) is 0 Å². The fourth-order valence-corrected chi connectivity index (χ4v) is 9.46. The average Bonchev–Trinajstić information content (AvgIpc) is 2.22. The monoisotopic (exact) mass is 1110 g/mol. The zero-order valence-electron chi connectivity index (χ0n) is 49.0. The minimum absolute atomic E-state index is 0. The molecular formula is C66H83N9O7. The summed E-state index contributed by atoms with van der Waals surface area (Å²) in [5.41, 5.74) is 14.7. The van der Waals surface area contributed by atoms with Crippen LogP contribution in [0.15, 0.2) is 135 Å². The molecule has 0 spiro atoms. The maximum Gasteiger partial charge on any atom is 0.339 e. The summed E-state index contributed by atoms with van der Waals surface area (Å²) in [5, 5.41) is 7.33. The Balaban J connectivity index is 0.000000421. The van der Waals surface area contributed by atoms with Crippen molar-refractivity contribution >= 4 is 68.8 Å². The van der Waals surface area contributed by atoms with Crippen molar-refractivity contribution in [1.29, 1.82) is 0 Å². The van der Waals surface area contributed by atoms with E-state index in [0.29, 0.717) is 46.9 Å². The number of carbonyl (C=O) groups is 5. The van der Waals surface area contributed by atoms with Crippen LogP contribution in [0.1, 0.15) is 91.6 Å². The molecule has 4 N–H and O–H groups in total. The van der Waals surface area contributed by atoms with E-state index in [-0.39, 0.29) is 35.6 Å². The number of esters is 2. The second kappa shape index (κ2) is 27.3. The highest BCUT2D eigenvalue weighted by Gasteiger charge is 2.24. The van der Waals surface area contributed by atoms with Crippen molar-refractivity contribution in [2.75, 3.05) is 62.4 Å². The summed E-state index contributed by atoms with van der Waals surface area (Å²) in [5.74, 6) is -1.33. The summed E-state index contributed by atoms with van der Waals surface area (Å²) in [4.78, 5) is 83.8. The molecule has 16 heteroatoms. The summed E-state index contributed by atoms with van der Waals surface area (Å²) >= 11 is 0. The molecule has 9 rings (SSSR count). The average molecular weight is 1110 g/mol. The van der Waals surface area contributed by atoms with Crippen molar-refractivity contribution in [3.05, 3.63) is 163 Å². The lowest BCUT2D eigenvalue weighted by Gasteiger charge is -2.35. The minimum Gasteiger partial charge on any atom is -0.459 e. The number of pyridine rings is 2. The molecule has 4 aromatic heterocycles. The highest BCUT2D eigenvalue weighted by Crippen LogP contribution is 2.42. The number of hydrogen-bond donors (Lipinski definition) is 4. The number of anilines is 3. The van der Waals surface area contributed by atoms with Gasteiger partial charge in [0.05, 0.1) is 34.7 Å². The lowest BCUT2D eigenvalue weighted by atomic mass is 9.96. The van der Waals surface area contributed by atoms with Crippen LogP contribution in [0.5, 0.6) is 0 Å². The Morgan fingerprint density at radius 1 is 0.634 bits per heavy atom. The van der Waals surface area contributed by atoms with E-state index in [4.69, 9.17) is 9.47 Å². The zero-order chi connectivity index (χ0) is 59.4. The molecule has 8 aromatic rings. The quantitative estimate of drug-likeness (QED) is 0.0531. The fraction of sp³-hybridized carbons (Fsp3) is 0.288. The van der Waals surface area contributed by atoms with E-state index in [1.165, 1.54) is 30.1 Å². The number of benzene rings is 4. The topological polar surface area (TPSA) is 195 Å². The Morgan fingerprint density at radius 3 is 1.44 bits per heavy atom. The number of H-pyrrole nitrogens is 2. The number of hydrogen-bond acceptors (Lipinski definition) is 11. The van der Waals surface area contributed by atoms with E-state index < -0.39 is 11.9 Å². The van der Waals surface area contributed by atoms with Gasteiger partial charge in [0.25, 0.3) is 0 Å². The number of piperazine rings is 1. The van der Waals surface area contributed by atoms with Crippen LogP contribution in [0.25, 0.3) is 66.8 Å². The number of carbonyl (C=O) groups excluding carboxylic acids is 5. The molecule has 0 bridgehead atoms. The van der Waals surface area contributed by atoms with Gasteiger partial charge in [0.2, 0.25) is 17.7 Å². The standard InChI is InChI=1S/C33H35N5O4.C31H34N4O3.C2H6.4H2/c1-6-29(40)35-28-18-24(8-7-21(28)4)30-27-17-25(33(41)42-20(2)3)19-34-32(27)36-31(30)23-9-11-26(12-10-23)38-15-13-37(14-16-38)22(5)39;1-7-27(36)33-26-17-23(11-8-20(26)4)28-25-16-24(31(37)38-19(2)3)18-32-30(25)34-29(28)22-12-9-21(10-13-22)14-15-35(5)6;1-2;;;;/h6-12,17-20H,1,13-16H2,2-5H3,(H,34,36)(H,35,40);7-13,16-19H,1,14-15H2,2-6H3,(H,32,34)(H,33,36);1-2H3;4*1H. The molecule has 16 nitrogen and oxygen atoms in total. The number of ether oxygens (including phenoxy) is 2. The number of rotatable bonds is 16. The first-order valence-corrected chi connectivity index (χ1v) is 27.7. The first kappa shape index (κ1) is 60.5. The number of aromatic amines is 2. The van der Waals surface area contributed by atoms with Gasteiger partial charge in [-0.2, -0.15) is 0 Å². The van der Waals surface area contributed by atoms with Gasteiger partial charge in [-0.15, -0.1) is 0 Å². The third-order valence-electron chi connectivity index (χ3n) is 13.7. The Hall–Kier alpha value is -9.15. The molecule has 1 saturated heterocycles. The number of aromatic nitrogens is 4. The van der Waals surface area contributed by atoms with Crippen molar-refractivity contribution in [2.24, 2.45) is 0 Å². The maximum absolute atomic E-state index is 12.8. The Kier molecular flexibility index (Phi) is 20.2. The summed E-state index contributed by atoms with van der Waals surface area (Å²) in [7, 11) is 4.13. The first-order valence-electron chi connectivity index (χ1n) is 27.7. The van der Waals surface area contributed by atoms with E-state index in [9.17, 15) is 24.0 Å². The Labute approximate surface area is 486 Å². The van der Waals surface area contributed by atoms with Crippen LogP contribution in [0, 0.1) is 13.8 Å². The number of amides is 3. The molecule has 1 aliphatic heterocycles. The summed E-state index contributed by atoms with van der Waals surface area (Å²) in [6.07, 6.45) is 6.00. The fourth-order valence-electron chi connectivity index (χ4n) is 9.46. The molecule has 3 amide bonds. The summed E-state index contributed by atoms with van der Waals surface area (Å²) in [6, 6.07) is 32.1. The van der Waals surface area contributed by atoms with Gasteiger partial charge in [0.1, 0.15) is 11.3 Å². The molecule has 0 atom stereocenters. The van der Waals surface area contributed by atoms with E-state index in [2.05, 4.69) is 116 Å². The Bertz CT molecular complexity index is 3650. The van der Waals surface area contributed by atoms with Crippen LogP contribution >= 0.6 is 0 Å². The van der Waals surface area contributed by atoms with E-state index >= 15 is 0 Å². The SMILES string of the molecule is C=CC(=O)Nc1cc(-c2c(-c3ccc(CCN(C)C)cc3)[nH]c3ncc(C(=O)OC(C)C)cc23)ccc1C.C=CC(=O)Nc1cc(-c2c(-c3ccc(N4CCN(C(C)=O)CC4)cc3)[nH]c3ncc(C(=O)OC(C)C)cc23)ccc1C.CC.[HH].[HH].[HH].[HH]. The van der Waals surface area contributed by atoms with Gasteiger partial charge in [-0.25, -0.2) is 19.6 Å². The maximum atomic E-state index is 12.8. The molecule has 434 valence electrons. The third kappa shape index (κ3) is 14.6. The Morgan fingerprint density at radius 2 is 1.05 bits per heavy atom. The van der Waals surface area contributed by atoms with Crippen LogP contribution in [0.4, 0.5) is 17.1 Å². The zero-order valence-corrected chi connectivity index (χ0v) is 49.0. The highest BCUT2D eigenvalue weighted by molar-refractivity contribution is 6.08. The molecule has 5 heterocycles. The second-order valence-electron chi connectivity index (χ2n) is 20.6. The van der Waals surface area contributed by atoms with Gasteiger partial charge < -0.3 is 44.8 Å². The van der Waals surface area contributed by atoms with Crippen LogP contribution in [-0.2, 0) is 30.3 Å². The van der Waals surface area contributed by atoms with E-state index in [1.807, 2.05) is 103 Å². The molecule has 1 aliphatic rings. The van der Waals surface area contributed by atoms with Crippen LogP contribution in [-0.4, -0.2) is 118 Å². The number of nitrogens with zero attached hydrogens (tertiary/aromatic N) is 5. The van der Waals surface area contributed by atoms with E-state index in [1.54, 1.807) is 13.0 Å². The van der Waals surface area contributed by atoms with Gasteiger partial charge in [-0.05, 0) is 150 Å². The number of likely N-dealkylation sites (N-methyl/N-ethyl adjacent to an activating group) is 1. The van der Waals surface area contributed by atoms with E-state index in [0.717, 1.165) is 98.4 Å². The van der Waals surface area contributed by atoms with Crippen LogP contribution in [0.2, 0.25) is 0 Å². The molecule has 0 saturated carbocycles. The third-order valence-corrected chi connectivity index (χ3v) is 13.7. The largest absolute Gasteiger partial charge is 0.459 e. The molecule has 4 aromatic carbocycles. The minimum atomic E-state index is -0.440. The van der Waals surface area contributed by atoms with Gasteiger partial charge in [0.15, 0.2) is 0 Å². The number of aryl methyl sites for hydroxylation is 2. The van der Waals surface area contributed by atoms with Gasteiger partial charge in [-0.3, -0.25) is 14.4 Å². The molecular weight excluding hydrogens is 1030 g/mol. The van der Waals surface area contributed by atoms with Gasteiger partial charge in [0, 0.05) is 96.7 Å². The van der Waals surface area contributed by atoms with Crippen molar-refractivity contribution in [1.82, 2.24) is 29.7 Å². The van der Waals surface area contributed by atoms with Crippen molar-refractivity contribution in [3.8, 4) is 44.8 Å². The predicted molar refractivity (Wildman–Crippen MR) is 339 cm³/mol. The van der Waals surface area contributed by atoms with Gasteiger partial charge >= 0.3 is 11.9 Å². The number of fused-ring (bicyclic) bond motifs is 2. The smallest absolute Gasteiger partial charge is 0.339 e. The lowest BCUT2D eigenvalue weighted by Crippen LogP contribution is -2.48. The molecule has 1 fully saturated rings. The van der Waals surface area contributed by atoms with Crippen LogP contribution < -0.4 is 15.5 Å². The van der Waals surface area contributed by atoms with Crippen molar-refractivity contribution in [2.45, 2.75) is 80.9 Å². The van der Waals surface area contributed by atoms with Gasteiger partial charge in [-0.1, -0.05) is 87.7 Å². The summed E-state index contributed by atoms with van der Waals surface area (Å²) in [6.45, 7) is 27.8. The molecule has 82 heavy (non-hydrogen) atoms. The molecule has 0 unspecified atom stereocenters. The normalized spacial score (nSPS) is 12.1. The van der Waals surface area contributed by atoms with Crippen molar-refractivity contribution in [3.63, 3.8) is 0 Å².